The predicted molar refractivity (Wildman–Crippen MR) is 135 cm³/mol. The van der Waals surface area contributed by atoms with E-state index < -0.39 is 5.60 Å². The third-order valence-corrected chi connectivity index (χ3v) is 14.6. The van der Waals surface area contributed by atoms with Crippen molar-refractivity contribution < 1.29 is 5.11 Å². The van der Waals surface area contributed by atoms with Gasteiger partial charge in [0.05, 0.1) is 5.60 Å². The summed E-state index contributed by atoms with van der Waals surface area (Å²) in [6.45, 7) is 23.0. The van der Waals surface area contributed by atoms with Gasteiger partial charge in [-0.2, -0.15) is 0 Å². The van der Waals surface area contributed by atoms with Crippen LogP contribution in [0.3, 0.4) is 0 Å². The fraction of sp³-hybridized carbons (Fsp3) is 1.00. The first-order valence-electron chi connectivity index (χ1n) is 14.3. The standard InChI is InChI=1S/C31H54O/c1-25(2)15-10-16-27(5)21(25)13-17-29(7)23(27)11-12-24-28(6)19-20-31(9,32)26(3,4)22(28)14-18-30(24,29)8/h21-24,32H,10-20H2,1-9H3/t21-,22-,23+,24+,27-,28+,29+,30+,31-/m0/s1. The molecule has 5 aliphatic rings. The second-order valence-corrected chi connectivity index (χ2v) is 16.0. The quantitative estimate of drug-likeness (QED) is 0.398. The van der Waals surface area contributed by atoms with Crippen molar-refractivity contribution in [2.75, 3.05) is 0 Å². The Kier molecular flexibility index (Phi) is 4.88. The second kappa shape index (κ2) is 6.59. The SMILES string of the molecule is CC1(C)CCC[C@]2(C)[C@H]3CC[C@@H]4[C@]5(C)CC[C@](C)(O)C(C)(C)[C@@H]5CC[C@@]4(C)[C@]3(C)CC[C@@H]12. The smallest absolute Gasteiger partial charge is 0.0673 e. The van der Waals surface area contributed by atoms with Crippen molar-refractivity contribution in [1.82, 2.24) is 0 Å². The molecule has 5 saturated carbocycles. The van der Waals surface area contributed by atoms with Crippen molar-refractivity contribution in [3.63, 3.8) is 0 Å². The Morgan fingerprint density at radius 1 is 0.500 bits per heavy atom. The molecule has 0 spiro atoms. The molecule has 5 aliphatic carbocycles. The Bertz CT molecular complexity index is 777. The van der Waals surface area contributed by atoms with Crippen molar-refractivity contribution in [3.8, 4) is 0 Å². The summed E-state index contributed by atoms with van der Waals surface area (Å²) in [7, 11) is 0. The minimum atomic E-state index is -0.523. The van der Waals surface area contributed by atoms with Gasteiger partial charge in [-0.1, -0.05) is 61.8 Å². The first-order chi connectivity index (χ1) is 14.6. The molecular formula is C31H54O. The maximum atomic E-state index is 11.4. The lowest BCUT2D eigenvalue weighted by atomic mass is 9.30. The van der Waals surface area contributed by atoms with Gasteiger partial charge in [-0.05, 0) is 127 Å². The van der Waals surface area contributed by atoms with Gasteiger partial charge < -0.3 is 5.11 Å². The van der Waals surface area contributed by atoms with Crippen LogP contribution in [0.1, 0.15) is 133 Å². The lowest BCUT2D eigenvalue weighted by Crippen LogP contribution is -2.69. The fourth-order valence-corrected chi connectivity index (χ4v) is 12.3. The average Bonchev–Trinajstić information content (AvgIpc) is 2.65. The van der Waals surface area contributed by atoms with Crippen LogP contribution >= 0.6 is 0 Å². The molecule has 0 amide bonds. The summed E-state index contributed by atoms with van der Waals surface area (Å²) < 4.78 is 0. The Balaban J connectivity index is 1.54. The summed E-state index contributed by atoms with van der Waals surface area (Å²) in [6.07, 6.45) is 15.1. The Hall–Kier alpha value is -0.0400. The zero-order valence-electron chi connectivity index (χ0n) is 23.0. The molecule has 0 unspecified atom stereocenters. The topological polar surface area (TPSA) is 20.2 Å². The molecule has 1 nitrogen and oxygen atoms in total. The predicted octanol–water partition coefficient (Wildman–Crippen LogP) is 8.64. The number of rotatable bonds is 0. The fourth-order valence-electron chi connectivity index (χ4n) is 12.3. The summed E-state index contributed by atoms with van der Waals surface area (Å²) in [4.78, 5) is 0. The Labute approximate surface area is 199 Å². The molecule has 0 bridgehead atoms. The first kappa shape index (κ1) is 23.7. The first-order valence-corrected chi connectivity index (χ1v) is 14.3. The number of hydrogen-bond donors (Lipinski definition) is 1. The normalized spacial score (nSPS) is 58.7. The third-order valence-electron chi connectivity index (χ3n) is 14.6. The van der Waals surface area contributed by atoms with E-state index in [1.54, 1.807) is 0 Å². The van der Waals surface area contributed by atoms with Crippen LogP contribution in [0.2, 0.25) is 0 Å². The lowest BCUT2D eigenvalue weighted by molar-refractivity contribution is -0.274. The summed E-state index contributed by atoms with van der Waals surface area (Å²) >= 11 is 0. The molecule has 0 aromatic carbocycles. The largest absolute Gasteiger partial charge is 0.390 e. The Morgan fingerprint density at radius 2 is 1.00 bits per heavy atom. The molecule has 5 rings (SSSR count). The van der Waals surface area contributed by atoms with E-state index in [1.165, 1.54) is 64.2 Å². The summed E-state index contributed by atoms with van der Waals surface area (Å²) in [6, 6.07) is 0. The number of hydrogen-bond acceptors (Lipinski definition) is 1. The molecule has 0 aromatic rings. The third kappa shape index (κ3) is 2.62. The molecule has 9 atom stereocenters. The van der Waals surface area contributed by atoms with E-state index in [2.05, 4.69) is 62.3 Å². The molecule has 32 heavy (non-hydrogen) atoms. The highest BCUT2D eigenvalue weighted by atomic mass is 16.3. The Morgan fingerprint density at radius 3 is 1.56 bits per heavy atom. The van der Waals surface area contributed by atoms with Crippen LogP contribution in [0.4, 0.5) is 0 Å². The molecule has 1 N–H and O–H groups in total. The monoisotopic (exact) mass is 442 g/mol. The zero-order chi connectivity index (χ0) is 23.6. The van der Waals surface area contributed by atoms with Gasteiger partial charge >= 0.3 is 0 Å². The van der Waals surface area contributed by atoms with Gasteiger partial charge in [0.1, 0.15) is 0 Å². The van der Waals surface area contributed by atoms with Gasteiger partial charge in [0.25, 0.3) is 0 Å². The molecule has 0 aliphatic heterocycles. The van der Waals surface area contributed by atoms with Crippen molar-refractivity contribution in [1.29, 1.82) is 0 Å². The van der Waals surface area contributed by atoms with E-state index in [9.17, 15) is 5.11 Å². The van der Waals surface area contributed by atoms with E-state index in [0.717, 1.165) is 24.2 Å². The molecule has 0 aromatic heterocycles. The van der Waals surface area contributed by atoms with Crippen LogP contribution in [-0.2, 0) is 0 Å². The highest BCUT2D eigenvalue weighted by Crippen LogP contribution is 2.78. The van der Waals surface area contributed by atoms with Crippen LogP contribution in [0, 0.1) is 56.2 Å². The van der Waals surface area contributed by atoms with E-state index in [0.29, 0.717) is 33.0 Å². The number of aliphatic hydroxyl groups is 1. The molecule has 184 valence electrons. The maximum absolute atomic E-state index is 11.4. The summed E-state index contributed by atoms with van der Waals surface area (Å²) in [5.74, 6) is 3.28. The van der Waals surface area contributed by atoms with Crippen LogP contribution in [0.25, 0.3) is 0 Å². The molecule has 0 radical (unpaired) electrons. The average molecular weight is 443 g/mol. The van der Waals surface area contributed by atoms with Crippen molar-refractivity contribution in [2.45, 2.75) is 139 Å². The van der Waals surface area contributed by atoms with Crippen molar-refractivity contribution in [2.24, 2.45) is 56.2 Å². The highest BCUT2D eigenvalue weighted by Gasteiger charge is 2.71. The van der Waals surface area contributed by atoms with E-state index in [-0.39, 0.29) is 5.41 Å². The van der Waals surface area contributed by atoms with E-state index >= 15 is 0 Å². The number of fused-ring (bicyclic) bond motifs is 7. The molecule has 0 heterocycles. The van der Waals surface area contributed by atoms with Gasteiger partial charge in [0, 0.05) is 0 Å². The maximum Gasteiger partial charge on any atom is 0.0673 e. The molecule has 0 saturated heterocycles. The van der Waals surface area contributed by atoms with Crippen LogP contribution in [0.15, 0.2) is 0 Å². The van der Waals surface area contributed by atoms with Crippen molar-refractivity contribution >= 4 is 0 Å². The van der Waals surface area contributed by atoms with Gasteiger partial charge in [0.15, 0.2) is 0 Å². The van der Waals surface area contributed by atoms with Gasteiger partial charge in [-0.25, -0.2) is 0 Å². The van der Waals surface area contributed by atoms with Gasteiger partial charge in [-0.3, -0.25) is 0 Å². The summed E-state index contributed by atoms with van der Waals surface area (Å²) in [5, 5.41) is 11.4. The molecular weight excluding hydrogens is 388 g/mol. The van der Waals surface area contributed by atoms with Crippen LogP contribution in [0.5, 0.6) is 0 Å². The minimum Gasteiger partial charge on any atom is -0.390 e. The van der Waals surface area contributed by atoms with Crippen LogP contribution in [-0.4, -0.2) is 10.7 Å². The minimum absolute atomic E-state index is 0.0100. The highest BCUT2D eigenvalue weighted by molar-refractivity contribution is 5.20. The lowest BCUT2D eigenvalue weighted by Gasteiger charge is -2.75. The van der Waals surface area contributed by atoms with Gasteiger partial charge in [0.2, 0.25) is 0 Å². The summed E-state index contributed by atoms with van der Waals surface area (Å²) in [5.41, 5.74) is 1.87. The zero-order valence-corrected chi connectivity index (χ0v) is 23.0. The van der Waals surface area contributed by atoms with Gasteiger partial charge in [-0.15, -0.1) is 0 Å². The molecule has 1 heteroatoms. The van der Waals surface area contributed by atoms with Crippen molar-refractivity contribution in [3.05, 3.63) is 0 Å². The second-order valence-electron chi connectivity index (χ2n) is 16.0. The van der Waals surface area contributed by atoms with E-state index in [4.69, 9.17) is 0 Å². The molecule has 5 fully saturated rings. The van der Waals surface area contributed by atoms with E-state index in [1.807, 2.05) is 0 Å². The van der Waals surface area contributed by atoms with Crippen LogP contribution < -0.4 is 0 Å².